The molecule has 4 aromatic rings. The van der Waals surface area contributed by atoms with Gasteiger partial charge < -0.3 is 16.0 Å². The molecule has 1 aliphatic carbocycles. The van der Waals surface area contributed by atoms with E-state index in [-0.39, 0.29) is 17.4 Å². The van der Waals surface area contributed by atoms with Crippen LogP contribution in [-0.2, 0) is 10.3 Å². The highest BCUT2D eigenvalue weighted by Gasteiger charge is 2.46. The Morgan fingerprint density at radius 2 is 1.50 bits per heavy atom. The number of anilines is 3. The molecule has 5 rings (SSSR count). The van der Waals surface area contributed by atoms with E-state index in [1.807, 2.05) is 61.5 Å². The first-order valence-electron chi connectivity index (χ1n) is 11.5. The van der Waals surface area contributed by atoms with Crippen LogP contribution in [0.15, 0.2) is 84.9 Å². The van der Waals surface area contributed by atoms with Crippen molar-refractivity contribution in [3.63, 3.8) is 0 Å². The molecule has 0 radical (unpaired) electrons. The van der Waals surface area contributed by atoms with Crippen molar-refractivity contribution >= 4 is 39.6 Å². The highest BCUT2D eigenvalue weighted by atomic mass is 16.2. The number of carbonyl (C=O) groups excluding carboxylic acids is 2. The average Bonchev–Trinajstić information content (AvgIpc) is 3.60. The fourth-order valence-electron chi connectivity index (χ4n) is 4.50. The number of hydrogen-bond acceptors (Lipinski definition) is 3. The molecule has 4 aromatic carbocycles. The molecule has 0 heterocycles. The monoisotopic (exact) mass is 449 g/mol. The number of nitrogens with one attached hydrogen (secondary N) is 3. The molecule has 0 aromatic heterocycles. The second-order valence-electron chi connectivity index (χ2n) is 8.98. The van der Waals surface area contributed by atoms with Crippen LogP contribution in [0.25, 0.3) is 10.8 Å². The molecular formula is C29H27N3O2. The lowest BCUT2D eigenvalue weighted by molar-refractivity contribution is -0.114. The summed E-state index contributed by atoms with van der Waals surface area (Å²) in [7, 11) is 0. The third-order valence-corrected chi connectivity index (χ3v) is 6.36. The van der Waals surface area contributed by atoms with E-state index in [0.29, 0.717) is 11.3 Å². The Balaban J connectivity index is 1.39. The summed E-state index contributed by atoms with van der Waals surface area (Å²) in [5, 5.41) is 11.8. The van der Waals surface area contributed by atoms with Crippen LogP contribution in [0, 0.1) is 6.92 Å². The van der Waals surface area contributed by atoms with Crippen molar-refractivity contribution in [1.82, 2.24) is 5.32 Å². The van der Waals surface area contributed by atoms with Gasteiger partial charge in [0.15, 0.2) is 0 Å². The van der Waals surface area contributed by atoms with Crippen molar-refractivity contribution < 1.29 is 9.59 Å². The topological polar surface area (TPSA) is 70.2 Å². The number of benzene rings is 4. The van der Waals surface area contributed by atoms with Crippen molar-refractivity contribution in [1.29, 1.82) is 0 Å². The minimum Gasteiger partial charge on any atom is -0.355 e. The lowest BCUT2D eigenvalue weighted by atomic mass is 9.96. The molecule has 0 saturated heterocycles. The van der Waals surface area contributed by atoms with Crippen molar-refractivity contribution in [3.8, 4) is 0 Å². The summed E-state index contributed by atoms with van der Waals surface area (Å²) >= 11 is 0. The van der Waals surface area contributed by atoms with Gasteiger partial charge in [0, 0.05) is 29.5 Å². The lowest BCUT2D eigenvalue weighted by Gasteiger charge is -2.21. The largest absolute Gasteiger partial charge is 0.355 e. The zero-order valence-corrected chi connectivity index (χ0v) is 19.3. The second-order valence-corrected chi connectivity index (χ2v) is 8.98. The van der Waals surface area contributed by atoms with Crippen LogP contribution in [0.3, 0.4) is 0 Å². The molecule has 0 aliphatic heterocycles. The minimum absolute atomic E-state index is 0.0708. The molecule has 0 unspecified atom stereocenters. The van der Waals surface area contributed by atoms with Gasteiger partial charge in [-0.2, -0.15) is 0 Å². The molecular weight excluding hydrogens is 422 g/mol. The number of aryl methyl sites for hydroxylation is 1. The molecule has 1 aliphatic rings. The third-order valence-electron chi connectivity index (χ3n) is 6.36. The highest BCUT2D eigenvalue weighted by Crippen LogP contribution is 2.48. The fraction of sp³-hybridized carbons (Fsp3) is 0.172. The third kappa shape index (κ3) is 4.37. The molecule has 1 fully saturated rings. The highest BCUT2D eigenvalue weighted by molar-refractivity contribution is 5.98. The molecule has 5 heteroatoms. The van der Waals surface area contributed by atoms with Crippen LogP contribution in [0.1, 0.15) is 41.3 Å². The number of hydrogen-bond donors (Lipinski definition) is 3. The van der Waals surface area contributed by atoms with Gasteiger partial charge in [-0.3, -0.25) is 9.59 Å². The van der Waals surface area contributed by atoms with Crippen molar-refractivity contribution in [2.75, 3.05) is 10.6 Å². The molecule has 2 amide bonds. The first-order chi connectivity index (χ1) is 16.4. The zero-order chi connectivity index (χ0) is 23.7. The summed E-state index contributed by atoms with van der Waals surface area (Å²) in [6.07, 6.45) is 1.86. The molecule has 3 N–H and O–H groups in total. The predicted octanol–water partition coefficient (Wildman–Crippen LogP) is 6.27. The Bertz CT molecular complexity index is 1400. The summed E-state index contributed by atoms with van der Waals surface area (Å²) in [4.78, 5) is 24.8. The fourth-order valence-corrected chi connectivity index (χ4v) is 4.50. The zero-order valence-electron chi connectivity index (χ0n) is 19.3. The van der Waals surface area contributed by atoms with Gasteiger partial charge in [-0.25, -0.2) is 0 Å². The van der Waals surface area contributed by atoms with Crippen molar-refractivity contribution in [2.24, 2.45) is 0 Å². The van der Waals surface area contributed by atoms with E-state index < -0.39 is 0 Å². The van der Waals surface area contributed by atoms with Gasteiger partial charge >= 0.3 is 0 Å². The lowest BCUT2D eigenvalue weighted by Crippen LogP contribution is -2.35. The van der Waals surface area contributed by atoms with Gasteiger partial charge in [0.2, 0.25) is 5.91 Å². The maximum Gasteiger partial charge on any atom is 0.252 e. The Kier molecular flexibility index (Phi) is 5.54. The summed E-state index contributed by atoms with van der Waals surface area (Å²) < 4.78 is 0. The van der Waals surface area contributed by atoms with E-state index in [9.17, 15) is 9.59 Å². The van der Waals surface area contributed by atoms with Gasteiger partial charge in [0.05, 0.1) is 5.54 Å². The van der Waals surface area contributed by atoms with Crippen LogP contribution in [0.4, 0.5) is 17.1 Å². The Hall–Kier alpha value is -4.12. The normalized spacial score (nSPS) is 13.8. The molecule has 0 bridgehead atoms. The number of carbonyl (C=O) groups is 2. The molecule has 0 spiro atoms. The smallest absolute Gasteiger partial charge is 0.252 e. The predicted molar refractivity (Wildman–Crippen MR) is 138 cm³/mol. The SMILES string of the molecule is CC(=O)Nc1cccc(Nc2ccc(C)c(C(=O)NC3(c4cccc5ccccc45)CC3)c2)c1. The number of amides is 2. The summed E-state index contributed by atoms with van der Waals surface area (Å²) in [5.41, 5.74) is 4.79. The van der Waals surface area contributed by atoms with Crippen LogP contribution < -0.4 is 16.0 Å². The van der Waals surface area contributed by atoms with E-state index in [2.05, 4.69) is 46.3 Å². The standard InChI is InChI=1S/C29H27N3O2/c1-19-13-14-24(31-23-10-6-9-22(17-23)30-20(2)33)18-26(19)28(34)32-29(15-16-29)27-12-5-8-21-7-3-4-11-25(21)27/h3-14,17-18,31H,15-16H2,1-2H3,(H,30,33)(H,32,34). The molecule has 34 heavy (non-hydrogen) atoms. The van der Waals surface area contributed by atoms with Gasteiger partial charge in [-0.15, -0.1) is 0 Å². The Morgan fingerprint density at radius 1 is 0.794 bits per heavy atom. The van der Waals surface area contributed by atoms with E-state index in [0.717, 1.165) is 29.8 Å². The van der Waals surface area contributed by atoms with E-state index in [1.54, 1.807) is 0 Å². The van der Waals surface area contributed by atoms with E-state index in [1.165, 1.54) is 23.3 Å². The molecule has 170 valence electrons. The maximum absolute atomic E-state index is 13.4. The van der Waals surface area contributed by atoms with Gasteiger partial charge in [-0.05, 0) is 72.0 Å². The van der Waals surface area contributed by atoms with E-state index in [4.69, 9.17) is 0 Å². The minimum atomic E-state index is -0.319. The summed E-state index contributed by atoms with van der Waals surface area (Å²) in [6.45, 7) is 3.43. The van der Waals surface area contributed by atoms with Crippen LogP contribution in [0.2, 0.25) is 0 Å². The van der Waals surface area contributed by atoms with Gasteiger partial charge in [0.25, 0.3) is 5.91 Å². The van der Waals surface area contributed by atoms with Crippen LogP contribution in [-0.4, -0.2) is 11.8 Å². The molecule has 0 atom stereocenters. The summed E-state index contributed by atoms with van der Waals surface area (Å²) in [6, 6.07) is 27.9. The van der Waals surface area contributed by atoms with Crippen LogP contribution >= 0.6 is 0 Å². The Morgan fingerprint density at radius 3 is 2.29 bits per heavy atom. The Labute approximate surface area is 199 Å². The summed E-state index contributed by atoms with van der Waals surface area (Å²) in [5.74, 6) is -0.190. The number of fused-ring (bicyclic) bond motifs is 1. The quantitative estimate of drug-likeness (QED) is 0.325. The van der Waals surface area contributed by atoms with Crippen molar-refractivity contribution in [3.05, 3.63) is 102 Å². The van der Waals surface area contributed by atoms with Gasteiger partial charge in [-0.1, -0.05) is 54.6 Å². The van der Waals surface area contributed by atoms with Gasteiger partial charge in [0.1, 0.15) is 0 Å². The average molecular weight is 450 g/mol. The van der Waals surface area contributed by atoms with Crippen molar-refractivity contribution in [2.45, 2.75) is 32.2 Å². The molecule has 1 saturated carbocycles. The van der Waals surface area contributed by atoms with Crippen LogP contribution in [0.5, 0.6) is 0 Å². The second kappa shape index (κ2) is 8.67. The maximum atomic E-state index is 13.4. The first kappa shape index (κ1) is 21.7. The molecule has 5 nitrogen and oxygen atoms in total. The van der Waals surface area contributed by atoms with E-state index >= 15 is 0 Å². The number of rotatable bonds is 6. The first-order valence-corrected chi connectivity index (χ1v) is 11.5.